The van der Waals surface area contributed by atoms with Crippen LogP contribution in [0.15, 0.2) is 24.3 Å². The quantitative estimate of drug-likeness (QED) is 0.718. The molecule has 5 heteroatoms. The van der Waals surface area contributed by atoms with Gasteiger partial charge in [0.1, 0.15) is 5.75 Å². The minimum atomic E-state index is 0. The molecule has 0 saturated heterocycles. The fourth-order valence-corrected chi connectivity index (χ4v) is 1.62. The van der Waals surface area contributed by atoms with Crippen molar-refractivity contribution in [3.05, 3.63) is 29.8 Å². The van der Waals surface area contributed by atoms with Gasteiger partial charge in [0.2, 0.25) is 5.91 Å². The van der Waals surface area contributed by atoms with Crippen LogP contribution in [0.25, 0.3) is 0 Å². The van der Waals surface area contributed by atoms with Crippen molar-refractivity contribution in [3.8, 4) is 5.75 Å². The van der Waals surface area contributed by atoms with Gasteiger partial charge >= 0.3 is 0 Å². The van der Waals surface area contributed by atoms with Crippen LogP contribution in [0.2, 0.25) is 0 Å². The SMILES string of the molecule is CCOc1ccc(CC(=O)NCCCCN)cc1.Cl. The van der Waals surface area contributed by atoms with E-state index in [1.165, 1.54) is 0 Å². The number of benzene rings is 1. The summed E-state index contributed by atoms with van der Waals surface area (Å²) in [4.78, 5) is 11.6. The Kier molecular flexibility index (Phi) is 9.94. The highest BCUT2D eigenvalue weighted by molar-refractivity contribution is 5.85. The number of unbranched alkanes of at least 4 members (excludes halogenated alkanes) is 1. The summed E-state index contributed by atoms with van der Waals surface area (Å²) in [5.74, 6) is 0.890. The van der Waals surface area contributed by atoms with Gasteiger partial charge in [-0.25, -0.2) is 0 Å². The fourth-order valence-electron chi connectivity index (χ4n) is 1.62. The van der Waals surface area contributed by atoms with Gasteiger partial charge in [-0.15, -0.1) is 12.4 Å². The Morgan fingerprint density at radius 3 is 2.53 bits per heavy atom. The van der Waals surface area contributed by atoms with Gasteiger partial charge in [-0.2, -0.15) is 0 Å². The number of nitrogens with two attached hydrogens (primary N) is 1. The highest BCUT2D eigenvalue weighted by atomic mass is 35.5. The summed E-state index contributed by atoms with van der Waals surface area (Å²) in [7, 11) is 0. The van der Waals surface area contributed by atoms with Crippen molar-refractivity contribution in [3.63, 3.8) is 0 Å². The fraction of sp³-hybridized carbons (Fsp3) is 0.500. The summed E-state index contributed by atoms with van der Waals surface area (Å²) in [5, 5.41) is 2.88. The predicted octanol–water partition coefficient (Wildman–Crippen LogP) is 1.90. The van der Waals surface area contributed by atoms with Gasteiger partial charge in [-0.05, 0) is 44.0 Å². The zero-order chi connectivity index (χ0) is 13.2. The number of carbonyl (C=O) groups excluding carboxylic acids is 1. The maximum atomic E-state index is 11.6. The number of nitrogens with one attached hydrogen (secondary N) is 1. The lowest BCUT2D eigenvalue weighted by Crippen LogP contribution is -2.26. The predicted molar refractivity (Wildman–Crippen MR) is 79.9 cm³/mol. The number of amides is 1. The van der Waals surface area contributed by atoms with Crippen LogP contribution in [0.1, 0.15) is 25.3 Å². The van der Waals surface area contributed by atoms with Crippen molar-refractivity contribution >= 4 is 18.3 Å². The van der Waals surface area contributed by atoms with Gasteiger partial charge < -0.3 is 15.8 Å². The summed E-state index contributed by atoms with van der Waals surface area (Å²) in [6.45, 7) is 3.98. The highest BCUT2D eigenvalue weighted by Gasteiger charge is 2.02. The molecule has 0 fully saturated rings. The van der Waals surface area contributed by atoms with Gasteiger partial charge in [0.25, 0.3) is 0 Å². The van der Waals surface area contributed by atoms with Crippen LogP contribution in [-0.2, 0) is 11.2 Å². The Bertz CT molecular complexity index is 355. The monoisotopic (exact) mass is 286 g/mol. The zero-order valence-corrected chi connectivity index (χ0v) is 12.2. The van der Waals surface area contributed by atoms with Gasteiger partial charge in [-0.1, -0.05) is 12.1 Å². The molecule has 19 heavy (non-hydrogen) atoms. The van der Waals surface area contributed by atoms with E-state index in [1.807, 2.05) is 31.2 Å². The molecule has 0 heterocycles. The van der Waals surface area contributed by atoms with Crippen molar-refractivity contribution in [2.75, 3.05) is 19.7 Å². The van der Waals surface area contributed by atoms with Gasteiger partial charge in [0.05, 0.1) is 13.0 Å². The molecule has 0 saturated carbocycles. The van der Waals surface area contributed by atoms with Crippen LogP contribution < -0.4 is 15.8 Å². The molecule has 0 unspecified atom stereocenters. The molecule has 4 nitrogen and oxygen atoms in total. The Balaban J connectivity index is 0.00000324. The van der Waals surface area contributed by atoms with Crippen LogP contribution in [0.5, 0.6) is 5.75 Å². The minimum Gasteiger partial charge on any atom is -0.494 e. The third-order valence-electron chi connectivity index (χ3n) is 2.55. The molecule has 1 aromatic carbocycles. The molecule has 1 amide bonds. The first kappa shape index (κ1) is 17.7. The second-order valence-electron chi connectivity index (χ2n) is 4.10. The van der Waals surface area contributed by atoms with Crippen molar-refractivity contribution in [2.45, 2.75) is 26.2 Å². The van der Waals surface area contributed by atoms with Crippen LogP contribution >= 0.6 is 12.4 Å². The Morgan fingerprint density at radius 1 is 1.26 bits per heavy atom. The van der Waals surface area contributed by atoms with Crippen LogP contribution in [0, 0.1) is 0 Å². The van der Waals surface area contributed by atoms with E-state index in [0.29, 0.717) is 26.1 Å². The maximum Gasteiger partial charge on any atom is 0.224 e. The standard InChI is InChI=1S/C14H22N2O2.ClH/c1-2-18-13-7-5-12(6-8-13)11-14(17)16-10-4-3-9-15;/h5-8H,2-4,9-11,15H2,1H3,(H,16,17);1H. The van der Waals surface area contributed by atoms with E-state index in [-0.39, 0.29) is 18.3 Å². The van der Waals surface area contributed by atoms with E-state index in [4.69, 9.17) is 10.5 Å². The first-order valence-electron chi connectivity index (χ1n) is 6.44. The molecular weight excluding hydrogens is 264 g/mol. The molecule has 1 aromatic rings. The lowest BCUT2D eigenvalue weighted by molar-refractivity contribution is -0.120. The Hall–Kier alpha value is -1.26. The molecule has 0 atom stereocenters. The summed E-state index contributed by atoms with van der Waals surface area (Å²) in [6, 6.07) is 7.62. The third kappa shape index (κ3) is 7.70. The van der Waals surface area contributed by atoms with Gasteiger partial charge in [-0.3, -0.25) is 4.79 Å². The first-order valence-corrected chi connectivity index (χ1v) is 6.44. The molecule has 3 N–H and O–H groups in total. The van der Waals surface area contributed by atoms with Gasteiger partial charge in [0, 0.05) is 6.54 Å². The lowest BCUT2D eigenvalue weighted by atomic mass is 10.1. The first-order chi connectivity index (χ1) is 8.76. The summed E-state index contributed by atoms with van der Waals surface area (Å²) >= 11 is 0. The van der Waals surface area contributed by atoms with Crippen LogP contribution in [0.4, 0.5) is 0 Å². The van der Waals surface area contributed by atoms with Crippen molar-refractivity contribution < 1.29 is 9.53 Å². The smallest absolute Gasteiger partial charge is 0.224 e. The number of rotatable bonds is 8. The second kappa shape index (κ2) is 10.6. The van der Waals surface area contributed by atoms with Crippen molar-refractivity contribution in [1.82, 2.24) is 5.32 Å². The Labute approximate surface area is 121 Å². The molecule has 0 aliphatic carbocycles. The highest BCUT2D eigenvalue weighted by Crippen LogP contribution is 2.12. The van der Waals surface area contributed by atoms with Crippen LogP contribution in [0.3, 0.4) is 0 Å². The summed E-state index contributed by atoms with van der Waals surface area (Å²) in [6.07, 6.45) is 2.30. The minimum absolute atomic E-state index is 0. The maximum absolute atomic E-state index is 11.6. The Morgan fingerprint density at radius 2 is 1.95 bits per heavy atom. The summed E-state index contributed by atoms with van der Waals surface area (Å²) in [5.41, 5.74) is 6.38. The molecule has 0 aromatic heterocycles. The number of ether oxygens (including phenoxy) is 1. The van der Waals surface area contributed by atoms with E-state index in [2.05, 4.69) is 5.32 Å². The number of hydrogen-bond donors (Lipinski definition) is 2. The number of hydrogen-bond acceptors (Lipinski definition) is 3. The van der Waals surface area contributed by atoms with E-state index in [0.717, 1.165) is 24.2 Å². The average molecular weight is 287 g/mol. The second-order valence-corrected chi connectivity index (χ2v) is 4.10. The summed E-state index contributed by atoms with van der Waals surface area (Å²) < 4.78 is 5.35. The number of carbonyl (C=O) groups is 1. The molecule has 1 rings (SSSR count). The molecule has 0 spiro atoms. The average Bonchev–Trinajstić information content (AvgIpc) is 2.37. The third-order valence-corrected chi connectivity index (χ3v) is 2.55. The molecular formula is C14H23ClN2O2. The molecule has 0 radical (unpaired) electrons. The molecule has 0 bridgehead atoms. The zero-order valence-electron chi connectivity index (χ0n) is 11.4. The molecule has 0 aliphatic heterocycles. The largest absolute Gasteiger partial charge is 0.494 e. The van der Waals surface area contributed by atoms with Crippen LogP contribution in [-0.4, -0.2) is 25.6 Å². The topological polar surface area (TPSA) is 64.3 Å². The number of halogens is 1. The lowest BCUT2D eigenvalue weighted by Gasteiger charge is -2.06. The molecule has 0 aliphatic rings. The van der Waals surface area contributed by atoms with Gasteiger partial charge in [0.15, 0.2) is 0 Å². The molecule has 108 valence electrons. The van der Waals surface area contributed by atoms with E-state index >= 15 is 0 Å². The van der Waals surface area contributed by atoms with E-state index in [1.54, 1.807) is 0 Å². The van der Waals surface area contributed by atoms with Crippen molar-refractivity contribution in [1.29, 1.82) is 0 Å². The van der Waals surface area contributed by atoms with Crippen molar-refractivity contribution in [2.24, 2.45) is 5.73 Å². The normalized spacial score (nSPS) is 9.58. The van der Waals surface area contributed by atoms with E-state index < -0.39 is 0 Å². The van der Waals surface area contributed by atoms with E-state index in [9.17, 15) is 4.79 Å².